The van der Waals surface area contributed by atoms with Crippen molar-refractivity contribution < 1.29 is 13.6 Å². The maximum absolute atomic E-state index is 13.1. The highest BCUT2D eigenvalue weighted by Gasteiger charge is 2.44. The van der Waals surface area contributed by atoms with E-state index in [-0.39, 0.29) is 18.9 Å². The molecule has 0 spiro atoms. The van der Waals surface area contributed by atoms with Gasteiger partial charge in [0.05, 0.1) is 12.6 Å². The second-order valence-electron chi connectivity index (χ2n) is 5.44. The Labute approximate surface area is 113 Å². The first-order valence-corrected chi connectivity index (χ1v) is 7.11. The summed E-state index contributed by atoms with van der Waals surface area (Å²) in [5.74, 6) is -2.90. The first-order valence-electron chi connectivity index (χ1n) is 7.11. The average Bonchev–Trinajstić information content (AvgIpc) is 2.97. The number of nitrogens with zero attached hydrogens (tertiary/aromatic N) is 2. The Balaban J connectivity index is 1.89. The Bertz CT molecular complexity index is 334. The van der Waals surface area contributed by atoms with Crippen molar-refractivity contribution in [2.45, 2.75) is 44.7 Å². The van der Waals surface area contributed by atoms with E-state index in [1.165, 1.54) is 0 Å². The minimum absolute atomic E-state index is 0.160. The SMILES string of the molecule is CCN(CC)C1CCN(C(=O)C2CC(F)(F)CN2)C1. The molecular weight excluding hydrogens is 252 g/mol. The van der Waals surface area contributed by atoms with Crippen LogP contribution in [0.3, 0.4) is 0 Å². The second kappa shape index (κ2) is 5.71. The van der Waals surface area contributed by atoms with Crippen LogP contribution in [-0.4, -0.2) is 66.4 Å². The van der Waals surface area contributed by atoms with Crippen molar-refractivity contribution in [3.63, 3.8) is 0 Å². The molecule has 2 atom stereocenters. The molecular formula is C13H23F2N3O. The number of alkyl halides is 2. The molecule has 110 valence electrons. The third-order valence-electron chi connectivity index (χ3n) is 4.21. The van der Waals surface area contributed by atoms with Crippen LogP contribution < -0.4 is 5.32 Å². The molecule has 0 aliphatic carbocycles. The van der Waals surface area contributed by atoms with E-state index >= 15 is 0 Å². The van der Waals surface area contributed by atoms with Gasteiger partial charge in [-0.15, -0.1) is 0 Å². The van der Waals surface area contributed by atoms with Gasteiger partial charge in [-0.05, 0) is 19.5 Å². The third-order valence-corrected chi connectivity index (χ3v) is 4.21. The fourth-order valence-corrected chi connectivity index (χ4v) is 3.09. The lowest BCUT2D eigenvalue weighted by Gasteiger charge is -2.26. The Morgan fingerprint density at radius 2 is 2.11 bits per heavy atom. The van der Waals surface area contributed by atoms with Gasteiger partial charge in [0.25, 0.3) is 5.92 Å². The van der Waals surface area contributed by atoms with Crippen molar-refractivity contribution in [3.05, 3.63) is 0 Å². The third kappa shape index (κ3) is 3.23. The summed E-state index contributed by atoms with van der Waals surface area (Å²) in [6.45, 7) is 7.11. The summed E-state index contributed by atoms with van der Waals surface area (Å²) in [7, 11) is 0. The number of halogens is 2. The molecule has 0 aromatic heterocycles. The van der Waals surface area contributed by atoms with Gasteiger partial charge in [-0.25, -0.2) is 8.78 Å². The van der Waals surface area contributed by atoms with Crippen LogP contribution in [0.4, 0.5) is 8.78 Å². The van der Waals surface area contributed by atoms with Crippen LogP contribution in [0.25, 0.3) is 0 Å². The van der Waals surface area contributed by atoms with Crippen molar-refractivity contribution in [1.29, 1.82) is 0 Å². The number of hydrogen-bond donors (Lipinski definition) is 1. The molecule has 0 saturated carbocycles. The molecule has 0 aromatic rings. The summed E-state index contributed by atoms with van der Waals surface area (Å²) < 4.78 is 26.2. The van der Waals surface area contributed by atoms with Gasteiger partial charge in [0.1, 0.15) is 0 Å². The lowest BCUT2D eigenvalue weighted by atomic mass is 10.1. The molecule has 19 heavy (non-hydrogen) atoms. The number of hydrogen-bond acceptors (Lipinski definition) is 3. The van der Waals surface area contributed by atoms with Crippen LogP contribution >= 0.6 is 0 Å². The monoisotopic (exact) mass is 275 g/mol. The zero-order valence-corrected chi connectivity index (χ0v) is 11.7. The molecule has 2 unspecified atom stereocenters. The fraction of sp³-hybridized carbons (Fsp3) is 0.923. The van der Waals surface area contributed by atoms with Crippen LogP contribution in [0.5, 0.6) is 0 Å². The number of carbonyl (C=O) groups is 1. The minimum Gasteiger partial charge on any atom is -0.340 e. The summed E-state index contributed by atoms with van der Waals surface area (Å²) >= 11 is 0. The minimum atomic E-state index is -2.74. The van der Waals surface area contributed by atoms with E-state index in [0.29, 0.717) is 19.1 Å². The number of nitrogens with one attached hydrogen (secondary N) is 1. The molecule has 1 amide bonds. The van der Waals surface area contributed by atoms with Gasteiger partial charge in [0.15, 0.2) is 0 Å². The topological polar surface area (TPSA) is 35.6 Å². The smallest absolute Gasteiger partial charge is 0.262 e. The Hall–Kier alpha value is -0.750. The second-order valence-corrected chi connectivity index (χ2v) is 5.44. The lowest BCUT2D eigenvalue weighted by Crippen LogP contribution is -2.44. The molecule has 2 fully saturated rings. The first kappa shape index (κ1) is 14.7. The fourth-order valence-electron chi connectivity index (χ4n) is 3.09. The molecule has 2 aliphatic rings. The van der Waals surface area contributed by atoms with Gasteiger partial charge in [-0.2, -0.15) is 0 Å². The van der Waals surface area contributed by atoms with E-state index in [4.69, 9.17) is 0 Å². The number of likely N-dealkylation sites (tertiary alicyclic amines) is 1. The zero-order valence-electron chi connectivity index (χ0n) is 11.7. The maximum atomic E-state index is 13.1. The summed E-state index contributed by atoms with van der Waals surface area (Å²) in [4.78, 5) is 16.3. The summed E-state index contributed by atoms with van der Waals surface area (Å²) in [5, 5.41) is 2.64. The number of carbonyl (C=O) groups excluding carboxylic acids is 1. The van der Waals surface area contributed by atoms with E-state index in [9.17, 15) is 13.6 Å². The quantitative estimate of drug-likeness (QED) is 0.829. The Morgan fingerprint density at radius 3 is 2.63 bits per heavy atom. The van der Waals surface area contributed by atoms with Crippen LogP contribution in [0.2, 0.25) is 0 Å². The van der Waals surface area contributed by atoms with Crippen molar-refractivity contribution in [2.24, 2.45) is 0 Å². The summed E-state index contributed by atoms with van der Waals surface area (Å²) in [6.07, 6.45) is 0.578. The molecule has 1 N–H and O–H groups in total. The first-order chi connectivity index (χ1) is 8.96. The van der Waals surface area contributed by atoms with Crippen molar-refractivity contribution in [2.75, 3.05) is 32.7 Å². The number of rotatable bonds is 4. The van der Waals surface area contributed by atoms with Gasteiger partial charge in [0, 0.05) is 25.6 Å². The summed E-state index contributed by atoms with van der Waals surface area (Å²) in [6, 6.07) is -0.327. The molecule has 0 aromatic carbocycles. The van der Waals surface area contributed by atoms with Gasteiger partial charge >= 0.3 is 0 Å². The Kier molecular flexibility index (Phi) is 4.40. The molecule has 6 heteroatoms. The molecule has 0 radical (unpaired) electrons. The highest BCUT2D eigenvalue weighted by Crippen LogP contribution is 2.27. The highest BCUT2D eigenvalue weighted by molar-refractivity contribution is 5.82. The van der Waals surface area contributed by atoms with E-state index in [1.54, 1.807) is 4.90 Å². The molecule has 2 aliphatic heterocycles. The van der Waals surface area contributed by atoms with Crippen molar-refractivity contribution in [1.82, 2.24) is 15.1 Å². The van der Waals surface area contributed by atoms with E-state index < -0.39 is 12.0 Å². The molecule has 2 saturated heterocycles. The zero-order chi connectivity index (χ0) is 14.0. The Morgan fingerprint density at radius 1 is 1.42 bits per heavy atom. The standard InChI is InChI=1S/C13H23F2N3O/c1-3-17(4-2)10-5-6-18(8-10)12(19)11-7-13(14,15)9-16-11/h10-11,16H,3-9H2,1-2H3. The van der Waals surface area contributed by atoms with Gasteiger partial charge in [0.2, 0.25) is 5.91 Å². The highest BCUT2D eigenvalue weighted by atomic mass is 19.3. The van der Waals surface area contributed by atoms with E-state index in [2.05, 4.69) is 24.1 Å². The van der Waals surface area contributed by atoms with Crippen molar-refractivity contribution in [3.8, 4) is 0 Å². The van der Waals surface area contributed by atoms with Crippen molar-refractivity contribution >= 4 is 5.91 Å². The average molecular weight is 275 g/mol. The number of likely N-dealkylation sites (N-methyl/N-ethyl adjacent to an activating group) is 1. The summed E-state index contributed by atoms with van der Waals surface area (Å²) in [5.41, 5.74) is 0. The van der Waals surface area contributed by atoms with Gasteiger partial charge < -0.3 is 4.90 Å². The van der Waals surface area contributed by atoms with Gasteiger partial charge in [-0.3, -0.25) is 15.0 Å². The van der Waals surface area contributed by atoms with Crippen LogP contribution in [-0.2, 0) is 4.79 Å². The molecule has 0 bridgehead atoms. The van der Waals surface area contributed by atoms with E-state index in [1.807, 2.05) is 0 Å². The normalized spacial score (nSPS) is 30.3. The molecule has 4 nitrogen and oxygen atoms in total. The number of amides is 1. The molecule has 2 rings (SSSR count). The van der Waals surface area contributed by atoms with Crippen LogP contribution in [0.15, 0.2) is 0 Å². The molecule has 2 heterocycles. The lowest BCUT2D eigenvalue weighted by molar-refractivity contribution is -0.132. The van der Waals surface area contributed by atoms with Crippen LogP contribution in [0, 0.1) is 0 Å². The van der Waals surface area contributed by atoms with Crippen LogP contribution in [0.1, 0.15) is 26.7 Å². The van der Waals surface area contributed by atoms with Gasteiger partial charge in [-0.1, -0.05) is 13.8 Å². The predicted molar refractivity (Wildman–Crippen MR) is 69.3 cm³/mol. The largest absolute Gasteiger partial charge is 0.340 e. The van der Waals surface area contributed by atoms with E-state index in [0.717, 1.165) is 19.5 Å². The maximum Gasteiger partial charge on any atom is 0.262 e. The predicted octanol–water partition coefficient (Wildman–Crippen LogP) is 0.926.